The molecular formula is C20H32IN3O2. The lowest BCUT2D eigenvalue weighted by Gasteiger charge is -2.38. The van der Waals surface area contributed by atoms with E-state index in [9.17, 15) is 0 Å². The van der Waals surface area contributed by atoms with Gasteiger partial charge in [0.15, 0.2) is 5.96 Å². The summed E-state index contributed by atoms with van der Waals surface area (Å²) in [5, 5.41) is 3.49. The second-order valence-corrected chi connectivity index (χ2v) is 7.25. The van der Waals surface area contributed by atoms with Crippen molar-refractivity contribution in [2.75, 3.05) is 40.4 Å². The summed E-state index contributed by atoms with van der Waals surface area (Å²) in [5.74, 6) is 1.93. The van der Waals surface area contributed by atoms with Gasteiger partial charge in [0, 0.05) is 33.3 Å². The largest absolute Gasteiger partial charge is 0.497 e. The van der Waals surface area contributed by atoms with Crippen molar-refractivity contribution in [2.24, 2.45) is 10.4 Å². The Labute approximate surface area is 174 Å². The molecule has 1 aromatic rings. The van der Waals surface area contributed by atoms with Gasteiger partial charge >= 0.3 is 0 Å². The van der Waals surface area contributed by atoms with Crippen LogP contribution in [0.2, 0.25) is 0 Å². The number of nitrogens with zero attached hydrogens (tertiary/aromatic N) is 2. The van der Waals surface area contributed by atoms with Gasteiger partial charge in [0.25, 0.3) is 0 Å². The summed E-state index contributed by atoms with van der Waals surface area (Å²) in [6.07, 6.45) is 6.53. The standard InChI is InChI=1S/C20H31N3O2.HI/c1-21-19(23-13-11-20(16-23)9-3-10-20)22-12-4-14-25-15-17-5-7-18(24-2)8-6-17;/h5-8H,3-4,9-16H2,1-2H3,(H,21,22);1H. The van der Waals surface area contributed by atoms with Crippen molar-refractivity contribution in [1.82, 2.24) is 10.2 Å². The van der Waals surface area contributed by atoms with Crippen LogP contribution in [0.25, 0.3) is 0 Å². The summed E-state index contributed by atoms with van der Waals surface area (Å²) in [5.41, 5.74) is 1.78. The summed E-state index contributed by atoms with van der Waals surface area (Å²) in [4.78, 5) is 6.88. The number of likely N-dealkylation sites (tertiary alicyclic amines) is 1. The predicted octanol–water partition coefficient (Wildman–Crippen LogP) is 3.67. The Bertz CT molecular complexity index is 573. The fourth-order valence-electron chi connectivity index (χ4n) is 3.82. The smallest absolute Gasteiger partial charge is 0.193 e. The molecule has 1 spiro atoms. The van der Waals surface area contributed by atoms with E-state index < -0.39 is 0 Å². The van der Waals surface area contributed by atoms with Crippen molar-refractivity contribution >= 4 is 29.9 Å². The Hall–Kier alpha value is -1.02. The summed E-state index contributed by atoms with van der Waals surface area (Å²) >= 11 is 0. The lowest BCUT2D eigenvalue weighted by atomic mass is 9.68. The van der Waals surface area contributed by atoms with Crippen LogP contribution in [0, 0.1) is 5.41 Å². The number of benzene rings is 1. The van der Waals surface area contributed by atoms with Crippen LogP contribution in [0.4, 0.5) is 0 Å². The molecule has 2 fully saturated rings. The molecule has 1 N–H and O–H groups in total. The zero-order valence-corrected chi connectivity index (χ0v) is 18.3. The zero-order valence-electron chi connectivity index (χ0n) is 16.0. The lowest BCUT2D eigenvalue weighted by Crippen LogP contribution is -2.42. The molecule has 1 aliphatic carbocycles. The molecule has 1 aliphatic heterocycles. The Morgan fingerprint density at radius 3 is 2.58 bits per heavy atom. The van der Waals surface area contributed by atoms with Gasteiger partial charge in [-0.25, -0.2) is 0 Å². The highest BCUT2D eigenvalue weighted by molar-refractivity contribution is 14.0. The SMILES string of the molecule is CN=C(NCCCOCc1ccc(OC)cc1)N1CCC2(CCC2)C1.I. The molecule has 1 saturated carbocycles. The number of hydrogen-bond acceptors (Lipinski definition) is 3. The van der Waals surface area contributed by atoms with Gasteiger partial charge in [-0.05, 0) is 48.8 Å². The molecule has 0 amide bonds. The molecule has 2 aliphatic rings. The molecule has 1 saturated heterocycles. The van der Waals surface area contributed by atoms with E-state index in [0.717, 1.165) is 37.8 Å². The Morgan fingerprint density at radius 2 is 2.00 bits per heavy atom. The molecule has 0 bridgehead atoms. The van der Waals surface area contributed by atoms with E-state index in [4.69, 9.17) is 9.47 Å². The summed E-state index contributed by atoms with van der Waals surface area (Å²) in [7, 11) is 3.56. The highest BCUT2D eigenvalue weighted by atomic mass is 127. The molecule has 0 atom stereocenters. The number of halogens is 1. The first kappa shape index (κ1) is 21.3. The predicted molar refractivity (Wildman–Crippen MR) is 117 cm³/mol. The highest BCUT2D eigenvalue weighted by Gasteiger charge is 2.43. The molecule has 0 unspecified atom stereocenters. The molecule has 6 heteroatoms. The molecular weight excluding hydrogens is 441 g/mol. The third-order valence-corrected chi connectivity index (χ3v) is 5.54. The van der Waals surface area contributed by atoms with E-state index in [0.29, 0.717) is 12.0 Å². The highest BCUT2D eigenvalue weighted by Crippen LogP contribution is 2.47. The second-order valence-electron chi connectivity index (χ2n) is 7.25. The third kappa shape index (κ3) is 5.49. The van der Waals surface area contributed by atoms with E-state index in [-0.39, 0.29) is 24.0 Å². The fourth-order valence-corrected chi connectivity index (χ4v) is 3.82. The molecule has 146 valence electrons. The molecule has 5 nitrogen and oxygen atoms in total. The molecule has 1 heterocycles. The first-order valence-electron chi connectivity index (χ1n) is 9.41. The molecule has 0 aromatic heterocycles. The fraction of sp³-hybridized carbons (Fsp3) is 0.650. The number of rotatable bonds is 7. The van der Waals surface area contributed by atoms with Crippen molar-refractivity contribution in [3.05, 3.63) is 29.8 Å². The third-order valence-electron chi connectivity index (χ3n) is 5.54. The van der Waals surface area contributed by atoms with Gasteiger partial charge in [-0.3, -0.25) is 4.99 Å². The van der Waals surface area contributed by atoms with Crippen molar-refractivity contribution in [3.8, 4) is 5.75 Å². The molecule has 3 rings (SSSR count). The summed E-state index contributed by atoms with van der Waals surface area (Å²) in [6, 6.07) is 8.02. The van der Waals surface area contributed by atoms with Crippen molar-refractivity contribution < 1.29 is 9.47 Å². The maximum Gasteiger partial charge on any atom is 0.193 e. The van der Waals surface area contributed by atoms with Crippen LogP contribution >= 0.6 is 24.0 Å². The van der Waals surface area contributed by atoms with Crippen molar-refractivity contribution in [3.63, 3.8) is 0 Å². The van der Waals surface area contributed by atoms with Crippen LogP contribution in [-0.4, -0.2) is 51.3 Å². The number of guanidine groups is 1. The van der Waals surface area contributed by atoms with Gasteiger partial charge < -0.3 is 19.7 Å². The van der Waals surface area contributed by atoms with Gasteiger partial charge in [-0.15, -0.1) is 24.0 Å². The monoisotopic (exact) mass is 473 g/mol. The number of nitrogens with one attached hydrogen (secondary N) is 1. The van der Waals surface area contributed by atoms with Crippen LogP contribution in [0.15, 0.2) is 29.3 Å². The maximum atomic E-state index is 5.76. The van der Waals surface area contributed by atoms with Crippen LogP contribution in [0.1, 0.15) is 37.7 Å². The number of hydrogen-bond donors (Lipinski definition) is 1. The van der Waals surface area contributed by atoms with E-state index >= 15 is 0 Å². The van der Waals surface area contributed by atoms with Gasteiger partial charge in [0.1, 0.15) is 5.75 Å². The lowest BCUT2D eigenvalue weighted by molar-refractivity contribution is 0.119. The Kier molecular flexibility index (Phi) is 8.47. The van der Waals surface area contributed by atoms with E-state index in [1.165, 1.54) is 37.8 Å². The Balaban J connectivity index is 0.00000243. The van der Waals surface area contributed by atoms with Crippen LogP contribution in [0.5, 0.6) is 5.75 Å². The first-order valence-corrected chi connectivity index (χ1v) is 9.41. The van der Waals surface area contributed by atoms with Gasteiger partial charge in [-0.1, -0.05) is 18.6 Å². The molecule has 0 radical (unpaired) electrons. The average molecular weight is 473 g/mol. The first-order chi connectivity index (χ1) is 12.2. The van der Waals surface area contributed by atoms with E-state index in [2.05, 4.69) is 15.2 Å². The topological polar surface area (TPSA) is 46.1 Å². The van der Waals surface area contributed by atoms with Crippen LogP contribution in [0.3, 0.4) is 0 Å². The normalized spacial score (nSPS) is 18.4. The van der Waals surface area contributed by atoms with E-state index in [1.54, 1.807) is 7.11 Å². The van der Waals surface area contributed by atoms with Gasteiger partial charge in [0.2, 0.25) is 0 Å². The number of aliphatic imine (C=N–C) groups is 1. The van der Waals surface area contributed by atoms with E-state index in [1.807, 2.05) is 31.3 Å². The molecule has 26 heavy (non-hydrogen) atoms. The van der Waals surface area contributed by atoms with Crippen molar-refractivity contribution in [2.45, 2.75) is 38.7 Å². The number of methoxy groups -OCH3 is 1. The van der Waals surface area contributed by atoms with Crippen molar-refractivity contribution in [1.29, 1.82) is 0 Å². The number of ether oxygens (including phenoxy) is 2. The van der Waals surface area contributed by atoms with Crippen LogP contribution in [-0.2, 0) is 11.3 Å². The minimum absolute atomic E-state index is 0. The average Bonchev–Trinajstić information content (AvgIpc) is 3.07. The zero-order chi connectivity index (χ0) is 17.5. The van der Waals surface area contributed by atoms with Gasteiger partial charge in [-0.2, -0.15) is 0 Å². The van der Waals surface area contributed by atoms with Crippen LogP contribution < -0.4 is 10.1 Å². The molecule has 1 aromatic carbocycles. The second kappa shape index (κ2) is 10.3. The quantitative estimate of drug-likeness (QED) is 0.284. The van der Waals surface area contributed by atoms with Gasteiger partial charge in [0.05, 0.1) is 13.7 Å². The summed E-state index contributed by atoms with van der Waals surface area (Å²) in [6.45, 7) is 4.63. The minimum atomic E-state index is 0. The Morgan fingerprint density at radius 1 is 1.23 bits per heavy atom. The summed E-state index contributed by atoms with van der Waals surface area (Å²) < 4.78 is 10.9. The minimum Gasteiger partial charge on any atom is -0.497 e. The maximum absolute atomic E-state index is 5.76.